The highest BCUT2D eigenvalue weighted by Crippen LogP contribution is 2.34. The number of carbonyl (C=O) groups is 1. The molecule has 2 aromatic rings. The van der Waals surface area contributed by atoms with Gasteiger partial charge in [-0.25, -0.2) is 0 Å². The zero-order valence-electron chi connectivity index (χ0n) is 11.6. The largest absolute Gasteiger partial charge is 0.332 e. The molecule has 1 saturated heterocycles. The molecular weight excluding hydrogens is 248 g/mol. The number of rotatable bonds is 2. The van der Waals surface area contributed by atoms with E-state index in [9.17, 15) is 4.79 Å². The molecule has 0 saturated carbocycles. The fourth-order valence-corrected chi connectivity index (χ4v) is 2.90. The van der Waals surface area contributed by atoms with Crippen LogP contribution < -0.4 is 0 Å². The third-order valence-electron chi connectivity index (χ3n) is 3.97. The van der Waals surface area contributed by atoms with E-state index < -0.39 is 0 Å². The summed E-state index contributed by atoms with van der Waals surface area (Å²) in [5.41, 5.74) is 3.15. The Morgan fingerprint density at radius 2 is 2.05 bits per heavy atom. The second-order valence-electron chi connectivity index (χ2n) is 5.25. The molecule has 1 aromatic carbocycles. The summed E-state index contributed by atoms with van der Waals surface area (Å²) in [6.45, 7) is 2.91. The molecule has 102 valence electrons. The van der Waals surface area contributed by atoms with Crippen LogP contribution in [0, 0.1) is 6.92 Å². The van der Waals surface area contributed by atoms with Crippen LogP contribution in [0.25, 0.3) is 0 Å². The maximum Gasteiger partial charge on any atom is 0.254 e. The van der Waals surface area contributed by atoms with Gasteiger partial charge in [0.05, 0.1) is 6.04 Å². The summed E-state index contributed by atoms with van der Waals surface area (Å²) in [5.74, 6) is 0.122. The van der Waals surface area contributed by atoms with Gasteiger partial charge in [0.25, 0.3) is 5.91 Å². The Morgan fingerprint density at radius 3 is 2.80 bits per heavy atom. The van der Waals surface area contributed by atoms with Crippen molar-refractivity contribution in [2.45, 2.75) is 25.8 Å². The van der Waals surface area contributed by atoms with Gasteiger partial charge < -0.3 is 4.90 Å². The van der Waals surface area contributed by atoms with Gasteiger partial charge in [-0.1, -0.05) is 18.2 Å². The van der Waals surface area contributed by atoms with Crippen LogP contribution in [-0.4, -0.2) is 22.3 Å². The SMILES string of the molecule is Cc1ccncc1[C@@H]1CCCN1C(=O)c1ccccc1. The Balaban J connectivity index is 1.90. The fourth-order valence-electron chi connectivity index (χ4n) is 2.90. The molecule has 3 heteroatoms. The first-order chi connectivity index (χ1) is 9.77. The highest BCUT2D eigenvalue weighted by Gasteiger charge is 2.31. The van der Waals surface area contributed by atoms with Crippen molar-refractivity contribution in [2.75, 3.05) is 6.54 Å². The molecule has 1 amide bonds. The molecule has 0 spiro atoms. The van der Waals surface area contributed by atoms with E-state index in [2.05, 4.69) is 11.9 Å². The third-order valence-corrected chi connectivity index (χ3v) is 3.97. The van der Waals surface area contributed by atoms with Crippen LogP contribution in [0.3, 0.4) is 0 Å². The van der Waals surface area contributed by atoms with Gasteiger partial charge in [-0.15, -0.1) is 0 Å². The molecule has 3 nitrogen and oxygen atoms in total. The maximum atomic E-state index is 12.6. The van der Waals surface area contributed by atoms with Crippen LogP contribution in [0.2, 0.25) is 0 Å². The number of nitrogens with zero attached hydrogens (tertiary/aromatic N) is 2. The number of likely N-dealkylation sites (tertiary alicyclic amines) is 1. The van der Waals surface area contributed by atoms with Crippen LogP contribution in [0.1, 0.15) is 40.4 Å². The van der Waals surface area contributed by atoms with Crippen molar-refractivity contribution in [1.29, 1.82) is 0 Å². The van der Waals surface area contributed by atoms with Gasteiger partial charge in [0, 0.05) is 24.5 Å². The summed E-state index contributed by atoms with van der Waals surface area (Å²) < 4.78 is 0. The molecule has 3 rings (SSSR count). The van der Waals surface area contributed by atoms with E-state index in [1.165, 1.54) is 11.1 Å². The molecular formula is C17H18N2O. The summed E-state index contributed by atoms with van der Waals surface area (Å²) in [4.78, 5) is 18.9. The minimum Gasteiger partial charge on any atom is -0.332 e. The molecule has 0 bridgehead atoms. The molecule has 20 heavy (non-hydrogen) atoms. The Hall–Kier alpha value is -2.16. The Kier molecular flexibility index (Phi) is 3.50. The van der Waals surface area contributed by atoms with Crippen molar-refractivity contribution in [3.05, 3.63) is 65.5 Å². The normalized spacial score (nSPS) is 18.2. The van der Waals surface area contributed by atoms with Crippen LogP contribution in [-0.2, 0) is 0 Å². The highest BCUT2D eigenvalue weighted by atomic mass is 16.2. The first-order valence-electron chi connectivity index (χ1n) is 7.04. The second kappa shape index (κ2) is 5.45. The number of hydrogen-bond acceptors (Lipinski definition) is 2. The van der Waals surface area contributed by atoms with E-state index >= 15 is 0 Å². The molecule has 0 radical (unpaired) electrons. The molecule has 1 atom stereocenters. The van der Waals surface area contributed by atoms with Crippen LogP contribution in [0.5, 0.6) is 0 Å². The number of pyridine rings is 1. The van der Waals surface area contributed by atoms with Gasteiger partial charge in [0.1, 0.15) is 0 Å². The number of aryl methyl sites for hydroxylation is 1. The van der Waals surface area contributed by atoms with Crippen molar-refractivity contribution < 1.29 is 4.79 Å². The van der Waals surface area contributed by atoms with Gasteiger partial charge in [-0.2, -0.15) is 0 Å². The molecule has 0 unspecified atom stereocenters. The van der Waals surface area contributed by atoms with Crippen LogP contribution >= 0.6 is 0 Å². The van der Waals surface area contributed by atoms with Gasteiger partial charge >= 0.3 is 0 Å². The maximum absolute atomic E-state index is 12.6. The van der Waals surface area contributed by atoms with Crippen molar-refractivity contribution in [3.63, 3.8) is 0 Å². The summed E-state index contributed by atoms with van der Waals surface area (Å²) >= 11 is 0. The van der Waals surface area contributed by atoms with Crippen LogP contribution in [0.15, 0.2) is 48.8 Å². The van der Waals surface area contributed by atoms with E-state index in [0.717, 1.165) is 24.9 Å². The molecule has 1 aromatic heterocycles. The number of benzene rings is 1. The number of aromatic nitrogens is 1. The summed E-state index contributed by atoms with van der Waals surface area (Å²) in [7, 11) is 0. The fraction of sp³-hybridized carbons (Fsp3) is 0.294. The van der Waals surface area contributed by atoms with Gasteiger partial charge in [0.2, 0.25) is 0 Å². The topological polar surface area (TPSA) is 33.2 Å². The van der Waals surface area contributed by atoms with Crippen molar-refractivity contribution in [1.82, 2.24) is 9.88 Å². The summed E-state index contributed by atoms with van der Waals surface area (Å²) in [5, 5.41) is 0. The predicted molar refractivity (Wildman–Crippen MR) is 78.4 cm³/mol. The smallest absolute Gasteiger partial charge is 0.254 e. The zero-order valence-corrected chi connectivity index (χ0v) is 11.6. The monoisotopic (exact) mass is 266 g/mol. The number of amides is 1. The van der Waals surface area contributed by atoms with E-state index in [1.807, 2.05) is 47.5 Å². The third kappa shape index (κ3) is 2.31. The average molecular weight is 266 g/mol. The first-order valence-corrected chi connectivity index (χ1v) is 7.04. The Morgan fingerprint density at radius 1 is 1.25 bits per heavy atom. The minimum atomic E-state index is 0.122. The van der Waals surface area contributed by atoms with E-state index in [4.69, 9.17) is 0 Å². The lowest BCUT2D eigenvalue weighted by atomic mass is 10.0. The van der Waals surface area contributed by atoms with E-state index in [0.29, 0.717) is 0 Å². The lowest BCUT2D eigenvalue weighted by Crippen LogP contribution is -2.30. The number of carbonyl (C=O) groups excluding carboxylic acids is 1. The standard InChI is InChI=1S/C17H18N2O/c1-13-9-10-18-12-15(13)16-8-5-11-19(16)17(20)14-6-3-2-4-7-14/h2-4,6-7,9-10,12,16H,5,8,11H2,1H3/t16-/m0/s1. The van der Waals surface area contributed by atoms with Gasteiger partial charge in [0.15, 0.2) is 0 Å². The van der Waals surface area contributed by atoms with E-state index in [1.54, 1.807) is 6.20 Å². The highest BCUT2D eigenvalue weighted by molar-refractivity contribution is 5.94. The van der Waals surface area contributed by atoms with Crippen LogP contribution in [0.4, 0.5) is 0 Å². The minimum absolute atomic E-state index is 0.122. The Labute approximate surface area is 119 Å². The molecule has 1 fully saturated rings. The Bertz CT molecular complexity index is 609. The molecule has 0 aliphatic carbocycles. The zero-order chi connectivity index (χ0) is 13.9. The van der Waals surface area contributed by atoms with Crippen molar-refractivity contribution in [3.8, 4) is 0 Å². The van der Waals surface area contributed by atoms with Crippen molar-refractivity contribution in [2.24, 2.45) is 0 Å². The van der Waals surface area contributed by atoms with Gasteiger partial charge in [-0.3, -0.25) is 9.78 Å². The first kappa shape index (κ1) is 12.9. The second-order valence-corrected chi connectivity index (χ2v) is 5.25. The molecule has 1 aliphatic rings. The predicted octanol–water partition coefficient (Wildman–Crippen LogP) is 3.37. The van der Waals surface area contributed by atoms with Gasteiger partial charge in [-0.05, 0) is 49.1 Å². The molecule has 0 N–H and O–H groups in total. The molecule has 1 aliphatic heterocycles. The lowest BCUT2D eigenvalue weighted by Gasteiger charge is -2.26. The lowest BCUT2D eigenvalue weighted by molar-refractivity contribution is 0.0735. The summed E-state index contributed by atoms with van der Waals surface area (Å²) in [6.07, 6.45) is 5.77. The van der Waals surface area contributed by atoms with E-state index in [-0.39, 0.29) is 11.9 Å². The molecule has 2 heterocycles. The summed E-state index contributed by atoms with van der Waals surface area (Å²) in [6, 6.07) is 11.7. The average Bonchev–Trinajstić information content (AvgIpc) is 2.97. The number of hydrogen-bond donors (Lipinski definition) is 0. The quantitative estimate of drug-likeness (QED) is 0.835. The van der Waals surface area contributed by atoms with Crippen molar-refractivity contribution >= 4 is 5.91 Å².